The monoisotopic (exact) mass is 424 g/mol. The lowest BCUT2D eigenvalue weighted by Crippen LogP contribution is -2.36. The van der Waals surface area contributed by atoms with Crippen LogP contribution in [0.4, 0.5) is 19.3 Å². The minimum absolute atomic E-state index is 0.192. The summed E-state index contributed by atoms with van der Waals surface area (Å²) in [5.74, 6) is -3.11. The van der Waals surface area contributed by atoms with Gasteiger partial charge in [-0.2, -0.15) is 0 Å². The van der Waals surface area contributed by atoms with Crippen molar-refractivity contribution in [3.63, 3.8) is 0 Å². The van der Waals surface area contributed by atoms with E-state index in [2.05, 4.69) is 5.32 Å². The predicted molar refractivity (Wildman–Crippen MR) is 112 cm³/mol. The molecule has 0 aliphatic carbocycles. The van der Waals surface area contributed by atoms with Crippen LogP contribution >= 0.6 is 11.8 Å². The van der Waals surface area contributed by atoms with Crippen LogP contribution in [0.5, 0.6) is 0 Å². The molecule has 0 atom stereocenters. The average molecular weight is 424 g/mol. The molecule has 30 heavy (non-hydrogen) atoms. The van der Waals surface area contributed by atoms with Crippen molar-refractivity contribution in [2.75, 3.05) is 11.9 Å². The number of nitrogens with zero attached hydrogens (tertiary/aromatic N) is 1. The molecule has 3 amide bonds. The number of anilines is 1. The van der Waals surface area contributed by atoms with Crippen molar-refractivity contribution in [3.05, 3.63) is 82.8 Å². The fraction of sp³-hybridized carbons (Fsp3) is 0.0455. The van der Waals surface area contributed by atoms with Gasteiger partial charge in [0.05, 0.1) is 10.6 Å². The first-order valence-electron chi connectivity index (χ1n) is 8.90. The molecule has 8 heteroatoms. The maximum absolute atomic E-state index is 13.7. The minimum atomic E-state index is -0.951. The molecule has 0 unspecified atom stereocenters. The standard InChI is InChI=1S/C22H14F2N2O3S/c23-15-8-9-18(17(24)11-15)25-20(27)12-26-21(28)19(30-22(26)29)10-14-6-3-5-13-4-1-2-7-16(13)14/h1-11H,12H2,(H,25,27). The Morgan fingerprint density at radius 1 is 1.03 bits per heavy atom. The molecule has 1 fully saturated rings. The predicted octanol–water partition coefficient (Wildman–Crippen LogP) is 4.79. The average Bonchev–Trinajstić information content (AvgIpc) is 2.98. The van der Waals surface area contributed by atoms with Gasteiger partial charge in [-0.15, -0.1) is 0 Å². The SMILES string of the molecule is O=C(CN1C(=O)SC(=Cc2cccc3ccccc23)C1=O)Nc1ccc(F)cc1F. The summed E-state index contributed by atoms with van der Waals surface area (Å²) < 4.78 is 26.7. The highest BCUT2D eigenvalue weighted by Gasteiger charge is 2.36. The number of fused-ring (bicyclic) bond motifs is 1. The topological polar surface area (TPSA) is 66.5 Å². The summed E-state index contributed by atoms with van der Waals surface area (Å²) in [6.07, 6.45) is 1.62. The van der Waals surface area contributed by atoms with Crippen molar-refractivity contribution in [2.45, 2.75) is 0 Å². The van der Waals surface area contributed by atoms with Gasteiger partial charge < -0.3 is 5.32 Å². The van der Waals surface area contributed by atoms with Gasteiger partial charge in [-0.05, 0) is 46.3 Å². The number of carbonyl (C=O) groups is 3. The Labute approximate surface area is 174 Å². The Morgan fingerprint density at radius 2 is 1.80 bits per heavy atom. The largest absolute Gasteiger partial charge is 0.322 e. The normalized spacial score (nSPS) is 15.3. The van der Waals surface area contributed by atoms with Crippen LogP contribution in [0.25, 0.3) is 16.8 Å². The number of nitrogens with one attached hydrogen (secondary N) is 1. The number of halogens is 2. The lowest BCUT2D eigenvalue weighted by Gasteiger charge is -2.12. The van der Waals surface area contributed by atoms with Crippen LogP contribution in [0.2, 0.25) is 0 Å². The van der Waals surface area contributed by atoms with Crippen LogP contribution in [-0.2, 0) is 9.59 Å². The van der Waals surface area contributed by atoms with E-state index in [1.165, 1.54) is 0 Å². The van der Waals surface area contributed by atoms with Crippen LogP contribution in [0.1, 0.15) is 5.56 Å². The zero-order valence-electron chi connectivity index (χ0n) is 15.4. The Hall–Kier alpha value is -3.52. The molecular formula is C22H14F2N2O3S. The molecule has 0 spiro atoms. The van der Waals surface area contributed by atoms with E-state index in [0.29, 0.717) is 6.07 Å². The summed E-state index contributed by atoms with van der Waals surface area (Å²) in [6.45, 7) is -0.575. The van der Waals surface area contributed by atoms with Crippen LogP contribution in [0.3, 0.4) is 0 Å². The number of thioether (sulfide) groups is 1. The minimum Gasteiger partial charge on any atom is -0.322 e. The van der Waals surface area contributed by atoms with E-state index in [-0.39, 0.29) is 10.6 Å². The van der Waals surface area contributed by atoms with Gasteiger partial charge in [0.25, 0.3) is 11.1 Å². The van der Waals surface area contributed by atoms with Crippen molar-refractivity contribution >= 4 is 51.4 Å². The van der Waals surface area contributed by atoms with E-state index in [4.69, 9.17) is 0 Å². The lowest BCUT2D eigenvalue weighted by molar-refractivity contribution is -0.127. The summed E-state index contributed by atoms with van der Waals surface area (Å²) >= 11 is 0.733. The van der Waals surface area contributed by atoms with Gasteiger partial charge >= 0.3 is 0 Å². The Bertz CT molecular complexity index is 1220. The molecule has 3 aromatic rings. The number of imide groups is 1. The lowest BCUT2D eigenvalue weighted by atomic mass is 10.0. The highest BCUT2D eigenvalue weighted by Crippen LogP contribution is 2.33. The van der Waals surface area contributed by atoms with Crippen molar-refractivity contribution in [3.8, 4) is 0 Å². The van der Waals surface area contributed by atoms with Crippen molar-refractivity contribution in [1.29, 1.82) is 0 Å². The first-order chi connectivity index (χ1) is 14.4. The third kappa shape index (κ3) is 3.95. The van der Waals surface area contributed by atoms with E-state index in [9.17, 15) is 23.2 Å². The summed E-state index contributed by atoms with van der Waals surface area (Å²) in [6, 6.07) is 16.0. The molecule has 1 N–H and O–H groups in total. The molecule has 150 valence electrons. The zero-order chi connectivity index (χ0) is 21.3. The van der Waals surface area contributed by atoms with Gasteiger partial charge in [0.1, 0.15) is 18.2 Å². The fourth-order valence-corrected chi connectivity index (χ4v) is 3.91. The number of benzene rings is 3. The molecule has 1 aliphatic rings. The second kappa shape index (κ2) is 8.08. The summed E-state index contributed by atoms with van der Waals surface area (Å²) in [7, 11) is 0. The summed E-state index contributed by atoms with van der Waals surface area (Å²) in [5, 5.41) is 3.56. The van der Waals surface area contributed by atoms with Crippen molar-refractivity contribution in [2.24, 2.45) is 0 Å². The second-order valence-electron chi connectivity index (χ2n) is 6.51. The Kier molecular flexibility index (Phi) is 5.33. The number of hydrogen-bond acceptors (Lipinski definition) is 4. The first kappa shape index (κ1) is 19.8. The molecular weight excluding hydrogens is 410 g/mol. The van der Waals surface area contributed by atoms with Gasteiger partial charge in [0.2, 0.25) is 5.91 Å². The molecule has 5 nitrogen and oxygen atoms in total. The Balaban J connectivity index is 1.52. The van der Waals surface area contributed by atoms with Crippen molar-refractivity contribution in [1.82, 2.24) is 4.90 Å². The third-order valence-corrected chi connectivity index (χ3v) is 5.40. The van der Waals surface area contributed by atoms with Crippen LogP contribution < -0.4 is 5.32 Å². The smallest absolute Gasteiger partial charge is 0.294 e. The van der Waals surface area contributed by atoms with Crippen LogP contribution in [0, 0.1) is 11.6 Å². The number of hydrogen-bond donors (Lipinski definition) is 1. The van der Waals surface area contributed by atoms with Gasteiger partial charge in [-0.1, -0.05) is 42.5 Å². The molecule has 1 aliphatic heterocycles. The molecule has 0 bridgehead atoms. The highest BCUT2D eigenvalue weighted by atomic mass is 32.2. The van der Waals surface area contributed by atoms with E-state index >= 15 is 0 Å². The Morgan fingerprint density at radius 3 is 2.60 bits per heavy atom. The second-order valence-corrected chi connectivity index (χ2v) is 7.50. The van der Waals surface area contributed by atoms with Gasteiger partial charge in [0.15, 0.2) is 0 Å². The van der Waals surface area contributed by atoms with E-state index in [0.717, 1.165) is 45.1 Å². The quantitative estimate of drug-likeness (QED) is 0.612. The van der Waals surface area contributed by atoms with Crippen LogP contribution in [0.15, 0.2) is 65.6 Å². The maximum atomic E-state index is 13.7. The van der Waals surface area contributed by atoms with E-state index in [1.54, 1.807) is 6.08 Å². The molecule has 4 rings (SSSR count). The number of amides is 3. The molecule has 1 saturated heterocycles. The number of carbonyl (C=O) groups excluding carboxylic acids is 3. The van der Waals surface area contributed by atoms with Gasteiger partial charge in [0, 0.05) is 6.07 Å². The van der Waals surface area contributed by atoms with Gasteiger partial charge in [-0.3, -0.25) is 19.3 Å². The van der Waals surface area contributed by atoms with Gasteiger partial charge in [-0.25, -0.2) is 8.78 Å². The first-order valence-corrected chi connectivity index (χ1v) is 9.72. The zero-order valence-corrected chi connectivity index (χ0v) is 16.2. The number of rotatable bonds is 4. The molecule has 3 aromatic carbocycles. The summed E-state index contributed by atoms with van der Waals surface area (Å²) in [5.41, 5.74) is 0.538. The molecule has 0 saturated carbocycles. The summed E-state index contributed by atoms with van der Waals surface area (Å²) in [4.78, 5) is 38.1. The highest BCUT2D eigenvalue weighted by molar-refractivity contribution is 8.18. The van der Waals surface area contributed by atoms with E-state index in [1.807, 2.05) is 42.5 Å². The molecule has 0 radical (unpaired) electrons. The van der Waals surface area contributed by atoms with Crippen molar-refractivity contribution < 1.29 is 23.2 Å². The molecule has 1 heterocycles. The van der Waals surface area contributed by atoms with Crippen LogP contribution in [-0.4, -0.2) is 28.5 Å². The third-order valence-electron chi connectivity index (χ3n) is 4.49. The maximum Gasteiger partial charge on any atom is 0.294 e. The molecule has 0 aromatic heterocycles. The van der Waals surface area contributed by atoms with E-state index < -0.39 is 35.2 Å². The fourth-order valence-electron chi connectivity index (χ4n) is 3.08.